The number of nitrogen functional groups attached to an aromatic ring is 1. The Kier molecular flexibility index (Phi) is 5.55. The van der Waals surface area contributed by atoms with Crippen LogP contribution in [0.15, 0.2) is 12.1 Å². The van der Waals surface area contributed by atoms with Gasteiger partial charge in [0.25, 0.3) is 0 Å². The van der Waals surface area contributed by atoms with Crippen molar-refractivity contribution < 1.29 is 9.72 Å². The van der Waals surface area contributed by atoms with Gasteiger partial charge in [0.15, 0.2) is 0 Å². The molecule has 0 aliphatic carbocycles. The number of hydrogen-bond acceptors (Lipinski definition) is 7. The molecule has 2 rings (SSSR count). The summed E-state index contributed by atoms with van der Waals surface area (Å²) in [5.74, 6) is -0.243. The van der Waals surface area contributed by atoms with Gasteiger partial charge >= 0.3 is 5.69 Å². The van der Waals surface area contributed by atoms with E-state index in [1.165, 1.54) is 12.1 Å². The summed E-state index contributed by atoms with van der Waals surface area (Å²) in [6.45, 7) is 1.98. The zero-order valence-electron chi connectivity index (χ0n) is 13.2. The smallest absolute Gasteiger partial charge is 0.309 e. The van der Waals surface area contributed by atoms with Crippen molar-refractivity contribution in [2.24, 2.45) is 11.7 Å². The molecule has 1 fully saturated rings. The van der Waals surface area contributed by atoms with Gasteiger partial charge in [0.2, 0.25) is 5.91 Å². The molecule has 1 aromatic rings. The summed E-state index contributed by atoms with van der Waals surface area (Å²) < 4.78 is 0. The van der Waals surface area contributed by atoms with Crippen molar-refractivity contribution in [3.63, 3.8) is 0 Å². The lowest BCUT2D eigenvalue weighted by Crippen LogP contribution is -2.44. The van der Waals surface area contributed by atoms with Crippen LogP contribution in [0, 0.1) is 27.4 Å². The first kappa shape index (κ1) is 17.5. The number of nitriles is 1. The van der Waals surface area contributed by atoms with Gasteiger partial charge in [0, 0.05) is 31.9 Å². The van der Waals surface area contributed by atoms with E-state index in [-0.39, 0.29) is 28.8 Å². The molecule has 24 heavy (non-hydrogen) atoms. The SMILES string of the molecule is N#Cc1cc(N2CCCC(C(=O)NCCN)C2)cc(N)c1[N+](=O)[O-]. The largest absolute Gasteiger partial charge is 0.393 e. The van der Waals surface area contributed by atoms with Gasteiger partial charge in [-0.25, -0.2) is 0 Å². The zero-order chi connectivity index (χ0) is 17.7. The van der Waals surface area contributed by atoms with E-state index in [0.717, 1.165) is 12.8 Å². The number of hydrogen-bond donors (Lipinski definition) is 3. The topological polar surface area (TPSA) is 151 Å². The van der Waals surface area contributed by atoms with Crippen LogP contribution in [0.25, 0.3) is 0 Å². The number of benzene rings is 1. The van der Waals surface area contributed by atoms with E-state index in [2.05, 4.69) is 5.32 Å². The first-order chi connectivity index (χ1) is 11.5. The van der Waals surface area contributed by atoms with Gasteiger partial charge in [-0.15, -0.1) is 0 Å². The molecule has 0 spiro atoms. The highest BCUT2D eigenvalue weighted by molar-refractivity contribution is 5.80. The fourth-order valence-electron chi connectivity index (χ4n) is 2.88. The predicted octanol–water partition coefficient (Wildman–Crippen LogP) is 0.340. The summed E-state index contributed by atoms with van der Waals surface area (Å²) >= 11 is 0. The second-order valence-electron chi connectivity index (χ2n) is 5.66. The van der Waals surface area contributed by atoms with Crippen LogP contribution in [-0.4, -0.2) is 37.0 Å². The Labute approximate surface area is 139 Å². The van der Waals surface area contributed by atoms with E-state index in [9.17, 15) is 14.9 Å². The summed E-state index contributed by atoms with van der Waals surface area (Å²) in [5, 5.41) is 23.0. The Bertz CT molecular complexity index is 685. The van der Waals surface area contributed by atoms with Crippen LogP contribution in [0.4, 0.5) is 17.1 Å². The third-order valence-corrected chi connectivity index (χ3v) is 4.03. The molecule has 9 heteroatoms. The van der Waals surface area contributed by atoms with Gasteiger partial charge in [-0.3, -0.25) is 14.9 Å². The van der Waals surface area contributed by atoms with E-state index in [4.69, 9.17) is 16.7 Å². The lowest BCUT2D eigenvalue weighted by molar-refractivity contribution is -0.384. The average Bonchev–Trinajstić information content (AvgIpc) is 2.58. The fourth-order valence-corrected chi connectivity index (χ4v) is 2.88. The molecule has 1 saturated heterocycles. The Hall–Kier alpha value is -2.86. The molecule has 1 unspecified atom stereocenters. The lowest BCUT2D eigenvalue weighted by atomic mass is 9.96. The van der Waals surface area contributed by atoms with Gasteiger partial charge < -0.3 is 21.7 Å². The summed E-state index contributed by atoms with van der Waals surface area (Å²) in [7, 11) is 0. The normalized spacial score (nSPS) is 17.2. The van der Waals surface area contributed by atoms with Crippen molar-refractivity contribution in [2.45, 2.75) is 12.8 Å². The zero-order valence-corrected chi connectivity index (χ0v) is 13.2. The molecular formula is C15H20N6O3. The molecule has 0 saturated carbocycles. The van der Waals surface area contributed by atoms with E-state index < -0.39 is 4.92 Å². The van der Waals surface area contributed by atoms with Crippen LogP contribution >= 0.6 is 0 Å². The number of amides is 1. The number of nitro groups is 1. The van der Waals surface area contributed by atoms with Gasteiger partial charge in [-0.1, -0.05) is 0 Å². The fraction of sp³-hybridized carbons (Fsp3) is 0.467. The molecular weight excluding hydrogens is 312 g/mol. The van der Waals surface area contributed by atoms with E-state index >= 15 is 0 Å². The van der Waals surface area contributed by atoms with Gasteiger partial charge in [0.1, 0.15) is 17.3 Å². The van der Waals surface area contributed by atoms with Crippen molar-refractivity contribution in [3.05, 3.63) is 27.8 Å². The van der Waals surface area contributed by atoms with Crippen LogP contribution in [-0.2, 0) is 4.79 Å². The molecule has 1 aliphatic rings. The van der Waals surface area contributed by atoms with E-state index in [1.54, 1.807) is 0 Å². The Morgan fingerprint density at radius 2 is 2.29 bits per heavy atom. The first-order valence-corrected chi connectivity index (χ1v) is 7.68. The van der Waals surface area contributed by atoms with Crippen molar-refractivity contribution >= 4 is 23.0 Å². The molecule has 1 atom stereocenters. The highest BCUT2D eigenvalue weighted by Gasteiger charge is 2.28. The van der Waals surface area contributed by atoms with Gasteiger partial charge in [0.05, 0.1) is 10.8 Å². The van der Waals surface area contributed by atoms with Gasteiger partial charge in [-0.05, 0) is 25.0 Å². The number of nitro benzene ring substituents is 1. The summed E-state index contributed by atoms with van der Waals surface area (Å²) in [4.78, 5) is 24.4. The maximum atomic E-state index is 12.1. The number of nitrogens with zero attached hydrogens (tertiary/aromatic N) is 3. The number of carbonyl (C=O) groups excluding carboxylic acids is 1. The minimum Gasteiger partial charge on any atom is -0.393 e. The standard InChI is InChI=1S/C15H20N6O3/c16-3-4-19-15(22)10-2-1-5-20(9-10)12-6-11(8-17)14(21(23)24)13(18)7-12/h6-7,10H,1-5,9,16,18H2,(H,19,22). The Balaban J connectivity index is 2.22. The molecule has 1 aliphatic heterocycles. The van der Waals surface area contributed by atoms with Crippen molar-refractivity contribution in [3.8, 4) is 6.07 Å². The summed E-state index contributed by atoms with van der Waals surface area (Å²) in [5.41, 5.74) is 11.2. The second-order valence-corrected chi connectivity index (χ2v) is 5.66. The molecule has 0 aromatic heterocycles. The van der Waals surface area contributed by atoms with Crippen molar-refractivity contribution in [1.82, 2.24) is 5.32 Å². The van der Waals surface area contributed by atoms with Crippen LogP contribution in [0.3, 0.4) is 0 Å². The molecule has 5 N–H and O–H groups in total. The minimum atomic E-state index is -0.656. The lowest BCUT2D eigenvalue weighted by Gasteiger charge is -2.34. The average molecular weight is 332 g/mol. The van der Waals surface area contributed by atoms with E-state index in [1.807, 2.05) is 11.0 Å². The second kappa shape index (κ2) is 7.61. The van der Waals surface area contributed by atoms with Crippen molar-refractivity contribution in [1.29, 1.82) is 5.26 Å². The van der Waals surface area contributed by atoms with Crippen LogP contribution < -0.4 is 21.7 Å². The summed E-state index contributed by atoms with van der Waals surface area (Å²) in [6.07, 6.45) is 1.57. The predicted molar refractivity (Wildman–Crippen MR) is 89.2 cm³/mol. The Morgan fingerprint density at radius 1 is 1.54 bits per heavy atom. The molecule has 1 heterocycles. The molecule has 0 radical (unpaired) electrons. The Morgan fingerprint density at radius 3 is 2.92 bits per heavy atom. The van der Waals surface area contributed by atoms with Crippen molar-refractivity contribution in [2.75, 3.05) is 36.8 Å². The number of anilines is 2. The molecule has 9 nitrogen and oxygen atoms in total. The molecule has 128 valence electrons. The minimum absolute atomic E-state index is 0.0521. The van der Waals surface area contributed by atoms with Crippen LogP contribution in [0.5, 0.6) is 0 Å². The van der Waals surface area contributed by atoms with Crippen LogP contribution in [0.1, 0.15) is 18.4 Å². The monoisotopic (exact) mass is 332 g/mol. The molecule has 1 aromatic carbocycles. The quantitative estimate of drug-likeness (QED) is 0.399. The highest BCUT2D eigenvalue weighted by Crippen LogP contribution is 2.33. The number of piperidine rings is 1. The molecule has 0 bridgehead atoms. The summed E-state index contributed by atoms with van der Waals surface area (Å²) in [6, 6.07) is 4.76. The maximum absolute atomic E-state index is 12.1. The van der Waals surface area contributed by atoms with Gasteiger partial charge in [-0.2, -0.15) is 5.26 Å². The maximum Gasteiger partial charge on any atom is 0.309 e. The number of carbonyl (C=O) groups is 1. The number of nitrogens with one attached hydrogen (secondary N) is 1. The highest BCUT2D eigenvalue weighted by atomic mass is 16.6. The first-order valence-electron chi connectivity index (χ1n) is 7.68. The van der Waals surface area contributed by atoms with Crippen LogP contribution in [0.2, 0.25) is 0 Å². The molecule has 1 amide bonds. The number of rotatable bonds is 5. The van der Waals surface area contributed by atoms with E-state index in [0.29, 0.717) is 31.9 Å². The number of nitrogens with two attached hydrogens (primary N) is 2. The third kappa shape index (κ3) is 3.72. The third-order valence-electron chi connectivity index (χ3n) is 4.03.